The van der Waals surface area contributed by atoms with Gasteiger partial charge in [-0.3, -0.25) is 0 Å². The van der Waals surface area contributed by atoms with Gasteiger partial charge in [-0.15, -0.1) is 0 Å². The number of hydrogen-bond acceptors (Lipinski definition) is 0. The molecule has 0 N–H and O–H groups in total. The molecule has 0 rings (SSSR count). The van der Waals surface area contributed by atoms with Crippen molar-refractivity contribution in [2.45, 2.75) is 542 Å². The molecular formula is C100H212. The van der Waals surface area contributed by atoms with Crippen molar-refractivity contribution in [3.8, 4) is 0 Å². The first-order chi connectivity index (χ1) is 48.2. The Kier molecular flexibility index (Phi) is 93.9. The molecule has 0 bridgehead atoms. The van der Waals surface area contributed by atoms with Crippen LogP contribution in [-0.4, -0.2) is 0 Å². The molecule has 0 aliphatic heterocycles. The third-order valence-corrected chi connectivity index (χ3v) is 26.7. The molecule has 0 aromatic heterocycles. The normalized spacial score (nSPS) is 13.6. The standard InChI is InChI=1S/C52H106.C34H70.C6H14.C4H10.2C2H6/c1-13-43(14-2)25-31-49(32-26-44(15-3)16-4)37-40-52(41-38-50(33-27-45(17-5)18-6)34-28-46(19-7)20-8)42-39-51(35-29-47(21-9)22-10)36-30-48(23-11)24-12;1-10-28(7)16-17-30(9)19-20-32(14-5)24-26-34(21-18-29(8)11-2)27-25-33(15-6)23-22-31(12-3)13-4;1-3-5-6-4-2;1-4(2)3;2*1-2/h43-52H,13-42H2,1-12H3;28-34H,10-27H2,1-9H3;3-6H2,1-2H3;4H,1-3H3;2*1-2H3/t;28-,29-,30+,32+,33+,34-;;;;/m.0..../s1. The van der Waals surface area contributed by atoms with Crippen molar-refractivity contribution in [1.29, 1.82) is 0 Å². The van der Waals surface area contributed by atoms with E-state index in [1.807, 2.05) is 27.7 Å². The van der Waals surface area contributed by atoms with Crippen LogP contribution in [0.25, 0.3) is 0 Å². The highest BCUT2D eigenvalue weighted by molar-refractivity contribution is 4.77. The second-order valence-electron chi connectivity index (χ2n) is 34.9. The second-order valence-corrected chi connectivity index (χ2v) is 34.9. The van der Waals surface area contributed by atoms with Gasteiger partial charge >= 0.3 is 0 Å². The lowest BCUT2D eigenvalue weighted by Crippen LogP contribution is -2.14. The van der Waals surface area contributed by atoms with E-state index in [0.29, 0.717) is 0 Å². The van der Waals surface area contributed by atoms with Gasteiger partial charge in [0.25, 0.3) is 0 Å². The lowest BCUT2D eigenvalue weighted by Gasteiger charge is -2.28. The molecule has 0 nitrogen and oxygen atoms in total. The summed E-state index contributed by atoms with van der Waals surface area (Å²) in [6.07, 6.45) is 75.0. The largest absolute Gasteiger partial charge is 0.0683 e. The summed E-state index contributed by atoms with van der Waals surface area (Å²) in [5.74, 6) is 17.0. The predicted molar refractivity (Wildman–Crippen MR) is 473 cm³/mol. The van der Waals surface area contributed by atoms with E-state index in [4.69, 9.17) is 0 Å². The highest BCUT2D eigenvalue weighted by atomic mass is 14.3. The molecule has 6 atom stereocenters. The van der Waals surface area contributed by atoms with Crippen LogP contribution in [0, 0.1) is 107 Å². The van der Waals surface area contributed by atoms with E-state index in [-0.39, 0.29) is 0 Å². The van der Waals surface area contributed by atoms with Gasteiger partial charge in [-0.1, -0.05) is 542 Å². The van der Waals surface area contributed by atoms with Crippen LogP contribution < -0.4 is 0 Å². The highest BCUT2D eigenvalue weighted by Gasteiger charge is 2.24. The Morgan fingerprint density at radius 3 is 0.390 bits per heavy atom. The van der Waals surface area contributed by atoms with E-state index in [0.717, 1.165) is 107 Å². The van der Waals surface area contributed by atoms with Gasteiger partial charge in [-0.2, -0.15) is 0 Å². The van der Waals surface area contributed by atoms with E-state index in [1.165, 1.54) is 334 Å². The van der Waals surface area contributed by atoms with Crippen molar-refractivity contribution in [2.24, 2.45) is 107 Å². The van der Waals surface area contributed by atoms with Crippen molar-refractivity contribution in [2.75, 3.05) is 0 Å². The van der Waals surface area contributed by atoms with E-state index in [9.17, 15) is 0 Å². The van der Waals surface area contributed by atoms with E-state index < -0.39 is 0 Å². The van der Waals surface area contributed by atoms with Crippen molar-refractivity contribution >= 4 is 0 Å². The highest BCUT2D eigenvalue weighted by Crippen LogP contribution is 2.38. The summed E-state index contributed by atoms with van der Waals surface area (Å²) in [6.45, 7) is 70.0. The fraction of sp³-hybridized carbons (Fsp3) is 1.00. The van der Waals surface area contributed by atoms with Gasteiger partial charge in [0, 0.05) is 0 Å². The number of rotatable bonds is 66. The Bertz CT molecular complexity index is 1250. The summed E-state index contributed by atoms with van der Waals surface area (Å²) in [6, 6.07) is 0. The maximum absolute atomic E-state index is 2.51. The van der Waals surface area contributed by atoms with Gasteiger partial charge in [-0.25, -0.2) is 0 Å². The Morgan fingerprint density at radius 1 is 0.130 bits per heavy atom. The summed E-state index contributed by atoms with van der Waals surface area (Å²) in [5.41, 5.74) is 0. The Hall–Kier alpha value is 0. The average Bonchev–Trinajstić information content (AvgIpc) is 0.992. The topological polar surface area (TPSA) is 0 Å². The Labute approximate surface area is 644 Å². The maximum atomic E-state index is 2.51. The first-order valence-corrected chi connectivity index (χ1v) is 48.2. The molecule has 0 amide bonds. The quantitative estimate of drug-likeness (QED) is 0.0533. The first kappa shape index (κ1) is 111. The summed E-state index contributed by atoms with van der Waals surface area (Å²) in [5, 5.41) is 0. The summed E-state index contributed by atoms with van der Waals surface area (Å²) in [4.78, 5) is 0. The fourth-order valence-corrected chi connectivity index (χ4v) is 16.5. The van der Waals surface area contributed by atoms with Gasteiger partial charge in [0.15, 0.2) is 0 Å². The minimum atomic E-state index is 0.833. The molecule has 0 aliphatic rings. The third kappa shape index (κ3) is 71.0. The molecule has 0 saturated carbocycles. The zero-order valence-corrected chi connectivity index (χ0v) is 77.2. The van der Waals surface area contributed by atoms with Crippen molar-refractivity contribution < 1.29 is 0 Å². The van der Waals surface area contributed by atoms with Crippen LogP contribution in [0.2, 0.25) is 0 Å². The second kappa shape index (κ2) is 84.6. The van der Waals surface area contributed by atoms with Crippen LogP contribution in [-0.2, 0) is 0 Å². The van der Waals surface area contributed by atoms with Crippen molar-refractivity contribution in [3.63, 3.8) is 0 Å². The lowest BCUT2D eigenvalue weighted by molar-refractivity contribution is 0.242. The molecule has 0 aliphatic carbocycles. The summed E-state index contributed by atoms with van der Waals surface area (Å²) in [7, 11) is 0. The van der Waals surface area contributed by atoms with Gasteiger partial charge in [0.05, 0.1) is 0 Å². The van der Waals surface area contributed by atoms with Crippen molar-refractivity contribution in [3.05, 3.63) is 0 Å². The minimum absolute atomic E-state index is 0.833. The molecule has 0 saturated heterocycles. The molecule has 0 fully saturated rings. The van der Waals surface area contributed by atoms with Gasteiger partial charge in [0.2, 0.25) is 0 Å². The first-order valence-electron chi connectivity index (χ1n) is 48.2. The van der Waals surface area contributed by atoms with Gasteiger partial charge in [-0.05, 0) is 107 Å². The summed E-state index contributed by atoms with van der Waals surface area (Å²) < 4.78 is 0. The van der Waals surface area contributed by atoms with Crippen LogP contribution in [0.15, 0.2) is 0 Å². The average molecular weight is 1410 g/mol. The molecule has 100 heavy (non-hydrogen) atoms. The monoisotopic (exact) mass is 1410 g/mol. The Morgan fingerprint density at radius 2 is 0.240 bits per heavy atom. The van der Waals surface area contributed by atoms with Crippen LogP contribution in [0.5, 0.6) is 0 Å². The zero-order valence-electron chi connectivity index (χ0n) is 77.2. The molecule has 0 heteroatoms. The predicted octanol–water partition coefficient (Wildman–Crippen LogP) is 37.9. The SMILES string of the molecule is CC.CC.CC(C)C.CCC(CC)CCC(CCC(CC)CC)CCC(CCC(CCC(CC)CC)CCC(CC)CC)CCC(CCC(CC)CC)CCC(CC)CC.CCC(CC)CC[C@@H](CC)CC[C@@H](CC[C@@H](C)CC)CC[C@H](CC)CC[C@H](C)CC[C@@H](C)CC.CCCCCC. The summed E-state index contributed by atoms with van der Waals surface area (Å²) >= 11 is 0. The van der Waals surface area contributed by atoms with Crippen LogP contribution in [0.1, 0.15) is 542 Å². The van der Waals surface area contributed by atoms with E-state index in [2.05, 4.69) is 180 Å². The molecular weight excluding hydrogens is 1200 g/mol. The lowest BCUT2D eigenvalue weighted by atomic mass is 9.78. The molecule has 612 valence electrons. The molecule has 0 spiro atoms. The van der Waals surface area contributed by atoms with Crippen LogP contribution in [0.4, 0.5) is 0 Å². The molecule has 0 unspecified atom stereocenters. The van der Waals surface area contributed by atoms with E-state index in [1.54, 1.807) is 0 Å². The van der Waals surface area contributed by atoms with Gasteiger partial charge in [0.1, 0.15) is 0 Å². The maximum Gasteiger partial charge on any atom is -0.0414 e. The van der Waals surface area contributed by atoms with E-state index >= 15 is 0 Å². The molecule has 0 aromatic rings. The molecule has 0 radical (unpaired) electrons. The number of unbranched alkanes of at least 4 members (excludes halogenated alkanes) is 3. The number of hydrogen-bond donors (Lipinski definition) is 0. The third-order valence-electron chi connectivity index (χ3n) is 26.7. The molecule has 0 aromatic carbocycles. The molecule has 0 heterocycles. The van der Waals surface area contributed by atoms with Crippen LogP contribution >= 0.6 is 0 Å². The van der Waals surface area contributed by atoms with Crippen LogP contribution in [0.3, 0.4) is 0 Å². The Balaban J connectivity index is -0.000000392. The zero-order chi connectivity index (χ0) is 77.2. The smallest absolute Gasteiger partial charge is 0.0414 e. The van der Waals surface area contributed by atoms with Crippen molar-refractivity contribution in [1.82, 2.24) is 0 Å². The minimum Gasteiger partial charge on any atom is -0.0683 e. The fourth-order valence-electron chi connectivity index (χ4n) is 16.5. The van der Waals surface area contributed by atoms with Gasteiger partial charge < -0.3 is 0 Å².